The summed E-state index contributed by atoms with van der Waals surface area (Å²) in [5, 5.41) is 12.8. The molecular weight excluding hydrogens is 460 g/mol. The van der Waals surface area contributed by atoms with Crippen LogP contribution in [0, 0.1) is 6.92 Å². The lowest BCUT2D eigenvalue weighted by Gasteiger charge is -2.12. The van der Waals surface area contributed by atoms with Gasteiger partial charge in [-0.25, -0.2) is 0 Å². The number of carbonyl (C=O) groups excluding carboxylic acids is 1. The summed E-state index contributed by atoms with van der Waals surface area (Å²) in [6, 6.07) is 19.2. The maximum Gasteiger partial charge on any atom is 0.230 e. The lowest BCUT2D eigenvalue weighted by Crippen LogP contribution is -2.24. The Kier molecular flexibility index (Phi) is 7.70. The first kappa shape index (κ1) is 22.9. The Morgan fingerprint density at radius 1 is 1.15 bits per heavy atom. The molecule has 0 unspecified atom stereocenters. The summed E-state index contributed by atoms with van der Waals surface area (Å²) in [4.78, 5) is 12.3. The number of halogens is 1. The lowest BCUT2D eigenvalue weighted by atomic mass is 10.2. The van der Waals surface area contributed by atoms with Crippen molar-refractivity contribution in [1.29, 1.82) is 0 Å². The van der Waals surface area contributed by atoms with Gasteiger partial charge in [0.05, 0.1) is 25.1 Å². The Morgan fingerprint density at radius 3 is 2.76 bits per heavy atom. The minimum absolute atomic E-state index is 0.111. The van der Waals surface area contributed by atoms with Crippen molar-refractivity contribution in [3.63, 3.8) is 0 Å². The quantitative estimate of drug-likeness (QED) is 0.325. The first-order chi connectivity index (χ1) is 16.1. The molecule has 2 aromatic carbocycles. The van der Waals surface area contributed by atoms with Gasteiger partial charge in [-0.15, -0.1) is 10.2 Å². The van der Waals surface area contributed by atoms with Crippen molar-refractivity contribution in [3.8, 4) is 5.75 Å². The third-order valence-electron chi connectivity index (χ3n) is 4.85. The van der Waals surface area contributed by atoms with Crippen molar-refractivity contribution in [2.24, 2.45) is 0 Å². The molecule has 0 radical (unpaired) electrons. The second-order valence-electron chi connectivity index (χ2n) is 7.31. The van der Waals surface area contributed by atoms with Gasteiger partial charge in [-0.2, -0.15) is 0 Å². The molecule has 0 aliphatic carbocycles. The van der Waals surface area contributed by atoms with E-state index in [2.05, 4.69) is 15.5 Å². The van der Waals surface area contributed by atoms with Crippen LogP contribution in [-0.2, 0) is 24.5 Å². The number of aryl methyl sites for hydroxylation is 1. The van der Waals surface area contributed by atoms with Crippen LogP contribution in [0.1, 0.15) is 22.7 Å². The van der Waals surface area contributed by atoms with Gasteiger partial charge < -0.3 is 14.5 Å². The van der Waals surface area contributed by atoms with Gasteiger partial charge in [-0.05, 0) is 48.4 Å². The highest BCUT2D eigenvalue weighted by Gasteiger charge is 2.16. The van der Waals surface area contributed by atoms with Gasteiger partial charge in [0, 0.05) is 5.02 Å². The monoisotopic (exact) mass is 482 g/mol. The summed E-state index contributed by atoms with van der Waals surface area (Å²) >= 11 is 7.44. The SMILES string of the molecule is Cc1cc(OCc2nnc(SCC(=O)NCc3ccco3)n2Cc2ccccc2)ccc1Cl. The number of aromatic nitrogens is 3. The highest BCUT2D eigenvalue weighted by Crippen LogP contribution is 2.23. The van der Waals surface area contributed by atoms with Crippen LogP contribution in [0.2, 0.25) is 5.02 Å². The van der Waals surface area contributed by atoms with Gasteiger partial charge >= 0.3 is 0 Å². The summed E-state index contributed by atoms with van der Waals surface area (Å²) < 4.78 is 13.2. The van der Waals surface area contributed by atoms with Crippen LogP contribution in [0.3, 0.4) is 0 Å². The molecule has 7 nitrogen and oxygen atoms in total. The standard InChI is InChI=1S/C24H23ClN4O3S/c1-17-12-19(9-10-21(17)25)32-15-22-27-28-24(29(22)14-18-6-3-2-4-7-18)33-16-23(30)26-13-20-8-5-11-31-20/h2-12H,13-16H2,1H3,(H,26,30). The highest BCUT2D eigenvalue weighted by atomic mass is 35.5. The fourth-order valence-electron chi connectivity index (χ4n) is 3.09. The van der Waals surface area contributed by atoms with Gasteiger partial charge in [-0.1, -0.05) is 53.7 Å². The van der Waals surface area contributed by atoms with E-state index >= 15 is 0 Å². The molecule has 1 N–H and O–H groups in total. The normalized spacial score (nSPS) is 10.8. The number of rotatable bonds is 10. The largest absolute Gasteiger partial charge is 0.486 e. The molecule has 2 aromatic heterocycles. The van der Waals surface area contributed by atoms with Gasteiger partial charge in [0.2, 0.25) is 5.91 Å². The molecule has 9 heteroatoms. The Bertz CT molecular complexity index is 1200. The third-order valence-corrected chi connectivity index (χ3v) is 6.24. The smallest absolute Gasteiger partial charge is 0.230 e. The molecule has 0 spiro atoms. The molecule has 0 saturated carbocycles. The van der Waals surface area contributed by atoms with Crippen molar-refractivity contribution in [3.05, 3.63) is 94.7 Å². The molecule has 0 aliphatic rings. The second kappa shape index (κ2) is 11.1. The second-order valence-corrected chi connectivity index (χ2v) is 8.66. The van der Waals surface area contributed by atoms with E-state index in [1.54, 1.807) is 12.3 Å². The number of ether oxygens (including phenoxy) is 1. The number of furan rings is 1. The number of amides is 1. The van der Waals surface area contributed by atoms with E-state index in [0.29, 0.717) is 40.6 Å². The molecule has 0 bridgehead atoms. The van der Waals surface area contributed by atoms with Crippen LogP contribution in [-0.4, -0.2) is 26.4 Å². The molecule has 0 fully saturated rings. The summed E-state index contributed by atoms with van der Waals surface area (Å²) in [7, 11) is 0. The predicted octanol–water partition coefficient (Wildman–Crippen LogP) is 4.87. The molecular formula is C24H23ClN4O3S. The Balaban J connectivity index is 1.44. The summed E-state index contributed by atoms with van der Waals surface area (Å²) in [6.07, 6.45) is 1.58. The lowest BCUT2D eigenvalue weighted by molar-refractivity contribution is -0.118. The average Bonchev–Trinajstić information content (AvgIpc) is 3.48. The fourth-order valence-corrected chi connectivity index (χ4v) is 4.00. The molecule has 0 saturated heterocycles. The number of hydrogen-bond donors (Lipinski definition) is 1. The van der Waals surface area contributed by atoms with E-state index < -0.39 is 0 Å². The highest BCUT2D eigenvalue weighted by molar-refractivity contribution is 7.99. The number of benzene rings is 2. The van der Waals surface area contributed by atoms with Gasteiger partial charge in [0.25, 0.3) is 0 Å². The third kappa shape index (κ3) is 6.40. The van der Waals surface area contributed by atoms with Crippen molar-refractivity contribution < 1.29 is 13.9 Å². The van der Waals surface area contributed by atoms with Crippen molar-refractivity contribution >= 4 is 29.3 Å². The molecule has 33 heavy (non-hydrogen) atoms. The van der Waals surface area contributed by atoms with Crippen LogP contribution in [0.5, 0.6) is 5.75 Å². The predicted molar refractivity (Wildman–Crippen MR) is 127 cm³/mol. The maximum absolute atomic E-state index is 12.3. The van der Waals surface area contributed by atoms with Crippen LogP contribution < -0.4 is 10.1 Å². The number of hydrogen-bond acceptors (Lipinski definition) is 6. The first-order valence-corrected chi connectivity index (χ1v) is 11.7. The minimum Gasteiger partial charge on any atom is -0.486 e. The van der Waals surface area contributed by atoms with Crippen LogP contribution in [0.4, 0.5) is 0 Å². The summed E-state index contributed by atoms with van der Waals surface area (Å²) in [5.74, 6) is 2.19. The van der Waals surface area contributed by atoms with Crippen LogP contribution >= 0.6 is 23.4 Å². The van der Waals surface area contributed by atoms with E-state index in [-0.39, 0.29) is 18.3 Å². The Hall–Kier alpha value is -3.23. The topological polar surface area (TPSA) is 82.2 Å². The number of thioether (sulfide) groups is 1. The summed E-state index contributed by atoms with van der Waals surface area (Å²) in [6.45, 7) is 3.09. The summed E-state index contributed by atoms with van der Waals surface area (Å²) in [5.41, 5.74) is 2.04. The van der Waals surface area contributed by atoms with E-state index in [4.69, 9.17) is 20.8 Å². The number of carbonyl (C=O) groups is 1. The van der Waals surface area contributed by atoms with Crippen LogP contribution in [0.25, 0.3) is 0 Å². The van der Waals surface area contributed by atoms with Crippen molar-refractivity contribution in [1.82, 2.24) is 20.1 Å². The molecule has 4 rings (SSSR count). The van der Waals surface area contributed by atoms with Crippen molar-refractivity contribution in [2.45, 2.75) is 31.8 Å². The van der Waals surface area contributed by atoms with E-state index in [9.17, 15) is 4.79 Å². The molecule has 170 valence electrons. The maximum atomic E-state index is 12.3. The molecule has 0 atom stereocenters. The molecule has 4 aromatic rings. The van der Waals surface area contributed by atoms with Crippen LogP contribution in [0.15, 0.2) is 76.5 Å². The zero-order chi connectivity index (χ0) is 23.0. The molecule has 1 amide bonds. The molecule has 0 aliphatic heterocycles. The van der Waals surface area contributed by atoms with Gasteiger partial charge in [0.15, 0.2) is 11.0 Å². The zero-order valence-electron chi connectivity index (χ0n) is 18.0. The first-order valence-electron chi connectivity index (χ1n) is 10.4. The van der Waals surface area contributed by atoms with Gasteiger partial charge in [-0.3, -0.25) is 9.36 Å². The zero-order valence-corrected chi connectivity index (χ0v) is 19.6. The van der Waals surface area contributed by atoms with Gasteiger partial charge in [0.1, 0.15) is 18.1 Å². The molecule has 2 heterocycles. The van der Waals surface area contributed by atoms with E-state index in [1.807, 2.05) is 66.1 Å². The number of nitrogens with zero attached hydrogens (tertiary/aromatic N) is 3. The van der Waals surface area contributed by atoms with E-state index in [1.165, 1.54) is 11.8 Å². The fraction of sp³-hybridized carbons (Fsp3) is 0.208. The average molecular weight is 483 g/mol. The van der Waals surface area contributed by atoms with Crippen molar-refractivity contribution in [2.75, 3.05) is 5.75 Å². The Labute approximate surface area is 201 Å². The van der Waals surface area contributed by atoms with E-state index in [0.717, 1.165) is 11.1 Å². The minimum atomic E-state index is -0.111. The number of nitrogens with one attached hydrogen (secondary N) is 1. The Morgan fingerprint density at radius 2 is 2.00 bits per heavy atom.